The second kappa shape index (κ2) is 5.97. The molecule has 0 amide bonds. The van der Waals surface area contributed by atoms with Gasteiger partial charge >= 0.3 is 5.69 Å². The van der Waals surface area contributed by atoms with Crippen molar-refractivity contribution in [2.45, 2.75) is 40.7 Å². The van der Waals surface area contributed by atoms with Crippen LogP contribution in [-0.4, -0.2) is 23.1 Å². The lowest BCUT2D eigenvalue weighted by Gasteiger charge is -2.08. The fourth-order valence-electron chi connectivity index (χ4n) is 3.83. The van der Waals surface area contributed by atoms with Crippen LogP contribution in [0.5, 0.6) is 0 Å². The summed E-state index contributed by atoms with van der Waals surface area (Å²) in [5, 5.41) is 0. The van der Waals surface area contributed by atoms with Crippen LogP contribution in [0.2, 0.25) is 0 Å². The third-order valence-corrected chi connectivity index (χ3v) is 4.94. The molecule has 3 aromatic heterocycles. The first-order valence-corrected chi connectivity index (χ1v) is 9.12. The van der Waals surface area contributed by atoms with E-state index in [0.29, 0.717) is 29.9 Å². The lowest BCUT2D eigenvalue weighted by atomic mass is 10.1. The van der Waals surface area contributed by atoms with E-state index in [9.17, 15) is 9.59 Å². The lowest BCUT2D eigenvalue weighted by molar-refractivity contribution is 0.592. The minimum absolute atomic E-state index is 0.292. The van der Waals surface area contributed by atoms with Crippen molar-refractivity contribution in [3.8, 4) is 5.69 Å². The molecule has 0 saturated carbocycles. The normalized spacial score (nSPS) is 11.7. The summed E-state index contributed by atoms with van der Waals surface area (Å²) >= 11 is 0. The molecule has 0 spiro atoms. The third kappa shape index (κ3) is 2.45. The van der Waals surface area contributed by atoms with Crippen LogP contribution < -0.4 is 11.2 Å². The molecule has 0 unspecified atom stereocenters. The summed E-state index contributed by atoms with van der Waals surface area (Å²) in [5.41, 5.74) is 4.51. The van der Waals surface area contributed by atoms with E-state index >= 15 is 0 Å². The van der Waals surface area contributed by atoms with E-state index in [2.05, 4.69) is 37.0 Å². The summed E-state index contributed by atoms with van der Waals surface area (Å²) in [6, 6.07) is 6.30. The number of rotatable bonds is 3. The molecule has 0 saturated heterocycles. The van der Waals surface area contributed by atoms with E-state index in [1.807, 2.05) is 24.6 Å². The maximum absolute atomic E-state index is 13.0. The van der Waals surface area contributed by atoms with Crippen molar-refractivity contribution >= 4 is 16.9 Å². The number of hydrogen-bond donors (Lipinski definition) is 0. The fraction of sp³-hybridized carbons (Fsp3) is 0.350. The van der Waals surface area contributed by atoms with Gasteiger partial charge in [0.2, 0.25) is 5.78 Å². The van der Waals surface area contributed by atoms with Gasteiger partial charge in [-0.05, 0) is 50.5 Å². The van der Waals surface area contributed by atoms with Crippen LogP contribution >= 0.6 is 0 Å². The number of benzene rings is 1. The van der Waals surface area contributed by atoms with Gasteiger partial charge in [-0.15, -0.1) is 0 Å². The Hall–Kier alpha value is -3.09. The molecule has 0 radical (unpaired) electrons. The standard InChI is InChI=1S/C20H23N5O2/c1-6-7-23-18(26)16-17(22(5)20(23)27)21-19-24(16)11-14(4)25(19)15-9-12(2)8-13(3)10-15/h8-11H,6-7H2,1-5H3. The van der Waals surface area contributed by atoms with E-state index in [0.717, 1.165) is 22.5 Å². The molecule has 7 nitrogen and oxygen atoms in total. The molecule has 27 heavy (non-hydrogen) atoms. The Balaban J connectivity index is 2.15. The molecule has 4 aromatic rings. The van der Waals surface area contributed by atoms with Crippen LogP contribution in [0.25, 0.3) is 22.6 Å². The number of aryl methyl sites for hydroxylation is 4. The van der Waals surface area contributed by atoms with E-state index in [1.54, 1.807) is 11.4 Å². The zero-order valence-electron chi connectivity index (χ0n) is 16.3. The van der Waals surface area contributed by atoms with Crippen molar-refractivity contribution in [1.82, 2.24) is 23.1 Å². The molecule has 4 rings (SSSR count). The van der Waals surface area contributed by atoms with Crippen molar-refractivity contribution in [2.75, 3.05) is 0 Å². The summed E-state index contributed by atoms with van der Waals surface area (Å²) in [6.45, 7) is 8.45. The monoisotopic (exact) mass is 365 g/mol. The fourth-order valence-corrected chi connectivity index (χ4v) is 3.83. The Kier molecular flexibility index (Phi) is 3.83. The summed E-state index contributed by atoms with van der Waals surface area (Å²) < 4.78 is 6.57. The number of aromatic nitrogens is 5. The molecule has 0 bridgehead atoms. The highest BCUT2D eigenvalue weighted by atomic mass is 16.2. The van der Waals surface area contributed by atoms with E-state index in [-0.39, 0.29) is 11.2 Å². The topological polar surface area (TPSA) is 66.2 Å². The minimum atomic E-state index is -0.329. The van der Waals surface area contributed by atoms with Crippen LogP contribution in [0, 0.1) is 20.8 Å². The van der Waals surface area contributed by atoms with Gasteiger partial charge in [-0.25, -0.2) is 4.79 Å². The second-order valence-electron chi connectivity index (χ2n) is 7.20. The summed E-state index contributed by atoms with van der Waals surface area (Å²) in [7, 11) is 1.66. The van der Waals surface area contributed by atoms with Gasteiger partial charge in [0.25, 0.3) is 5.56 Å². The molecular weight excluding hydrogens is 342 g/mol. The molecule has 0 aliphatic rings. The number of fused-ring (bicyclic) bond motifs is 3. The smallest absolute Gasteiger partial charge is 0.283 e. The maximum Gasteiger partial charge on any atom is 0.332 e. The highest BCUT2D eigenvalue weighted by molar-refractivity contribution is 5.76. The Morgan fingerprint density at radius 3 is 2.33 bits per heavy atom. The Morgan fingerprint density at radius 2 is 1.70 bits per heavy atom. The van der Waals surface area contributed by atoms with Crippen molar-refractivity contribution in [3.05, 3.63) is 62.1 Å². The summed E-state index contributed by atoms with van der Waals surface area (Å²) in [4.78, 5) is 30.3. The molecule has 0 aliphatic carbocycles. The number of nitrogens with zero attached hydrogens (tertiary/aromatic N) is 5. The van der Waals surface area contributed by atoms with Gasteiger partial charge in [0.05, 0.1) is 0 Å². The largest absolute Gasteiger partial charge is 0.332 e. The SMILES string of the molecule is CCCn1c(=O)c2c(nc3n(-c4cc(C)cc(C)c4)c(C)cn23)n(C)c1=O. The first-order valence-electron chi connectivity index (χ1n) is 9.12. The Labute approximate surface area is 156 Å². The first kappa shape index (κ1) is 17.3. The Morgan fingerprint density at radius 1 is 1.04 bits per heavy atom. The van der Waals surface area contributed by atoms with E-state index in [1.165, 1.54) is 9.13 Å². The van der Waals surface area contributed by atoms with Gasteiger partial charge in [-0.1, -0.05) is 13.0 Å². The van der Waals surface area contributed by atoms with Gasteiger partial charge in [0.1, 0.15) is 0 Å². The predicted octanol–water partition coefficient (Wildman–Crippen LogP) is 2.47. The highest BCUT2D eigenvalue weighted by Gasteiger charge is 2.20. The average molecular weight is 365 g/mol. The van der Waals surface area contributed by atoms with Crippen LogP contribution in [0.1, 0.15) is 30.2 Å². The molecule has 1 aromatic carbocycles. The Bertz CT molecular complexity index is 1300. The van der Waals surface area contributed by atoms with Crippen molar-refractivity contribution in [3.63, 3.8) is 0 Å². The van der Waals surface area contributed by atoms with Crippen molar-refractivity contribution < 1.29 is 0 Å². The van der Waals surface area contributed by atoms with Gasteiger partial charge < -0.3 is 0 Å². The van der Waals surface area contributed by atoms with Crippen molar-refractivity contribution in [1.29, 1.82) is 0 Å². The average Bonchev–Trinajstić information content (AvgIpc) is 3.10. The van der Waals surface area contributed by atoms with Crippen molar-refractivity contribution in [2.24, 2.45) is 7.05 Å². The molecule has 0 aliphatic heterocycles. The van der Waals surface area contributed by atoms with E-state index < -0.39 is 0 Å². The van der Waals surface area contributed by atoms with Crippen LogP contribution in [0.3, 0.4) is 0 Å². The number of hydrogen-bond acceptors (Lipinski definition) is 3. The summed E-state index contributed by atoms with van der Waals surface area (Å²) in [5.74, 6) is 0.633. The molecule has 0 fully saturated rings. The summed E-state index contributed by atoms with van der Waals surface area (Å²) in [6.07, 6.45) is 2.62. The lowest BCUT2D eigenvalue weighted by Crippen LogP contribution is -2.39. The third-order valence-electron chi connectivity index (χ3n) is 4.94. The van der Waals surface area contributed by atoms with Gasteiger partial charge in [0, 0.05) is 31.2 Å². The quantitative estimate of drug-likeness (QED) is 0.560. The first-order chi connectivity index (χ1) is 12.8. The van der Waals surface area contributed by atoms with Crippen LogP contribution in [0.15, 0.2) is 34.0 Å². The van der Waals surface area contributed by atoms with Crippen LogP contribution in [0.4, 0.5) is 0 Å². The maximum atomic E-state index is 13.0. The predicted molar refractivity (Wildman–Crippen MR) is 106 cm³/mol. The zero-order chi connectivity index (χ0) is 19.5. The minimum Gasteiger partial charge on any atom is -0.283 e. The molecule has 7 heteroatoms. The highest BCUT2D eigenvalue weighted by Crippen LogP contribution is 2.22. The molecule has 3 heterocycles. The van der Waals surface area contributed by atoms with E-state index in [4.69, 9.17) is 0 Å². The van der Waals surface area contributed by atoms with Crippen LogP contribution in [-0.2, 0) is 13.6 Å². The van der Waals surface area contributed by atoms with Gasteiger partial charge in [-0.3, -0.25) is 22.9 Å². The second-order valence-corrected chi connectivity index (χ2v) is 7.20. The molecular formula is C20H23N5O2. The molecule has 140 valence electrons. The molecule has 0 atom stereocenters. The zero-order valence-corrected chi connectivity index (χ0v) is 16.3. The number of imidazole rings is 2. The van der Waals surface area contributed by atoms with Gasteiger partial charge in [-0.2, -0.15) is 4.98 Å². The molecule has 0 N–H and O–H groups in total. The van der Waals surface area contributed by atoms with Gasteiger partial charge in [0.15, 0.2) is 11.2 Å².